The van der Waals surface area contributed by atoms with E-state index >= 15 is 0 Å². The molecule has 1 atom stereocenters. The minimum absolute atomic E-state index is 0.665. The van der Waals surface area contributed by atoms with E-state index < -0.39 is 11.5 Å². The summed E-state index contributed by atoms with van der Waals surface area (Å²) in [5.41, 5.74) is 1.12. The Morgan fingerprint density at radius 2 is 2.00 bits per heavy atom. The van der Waals surface area contributed by atoms with Crippen LogP contribution in [0.25, 0.3) is 0 Å². The van der Waals surface area contributed by atoms with Crippen LogP contribution in [0.3, 0.4) is 0 Å². The second-order valence-electron chi connectivity index (χ2n) is 5.70. The van der Waals surface area contributed by atoms with Gasteiger partial charge in [-0.2, -0.15) is 0 Å². The van der Waals surface area contributed by atoms with Crippen LogP contribution in [0.4, 0.5) is 0 Å². The van der Waals surface area contributed by atoms with Gasteiger partial charge in [0.1, 0.15) is 5.54 Å². The molecule has 0 bridgehead atoms. The van der Waals surface area contributed by atoms with Crippen molar-refractivity contribution in [1.82, 2.24) is 5.32 Å². The molecule has 1 saturated carbocycles. The summed E-state index contributed by atoms with van der Waals surface area (Å²) in [6.45, 7) is 4.69. The van der Waals surface area contributed by atoms with E-state index in [0.29, 0.717) is 5.92 Å². The summed E-state index contributed by atoms with van der Waals surface area (Å²) in [7, 11) is 0. The number of benzene rings is 1. The Morgan fingerprint density at radius 1 is 1.37 bits per heavy atom. The van der Waals surface area contributed by atoms with E-state index in [1.807, 2.05) is 24.3 Å². The van der Waals surface area contributed by atoms with E-state index in [-0.39, 0.29) is 0 Å². The van der Waals surface area contributed by atoms with Crippen molar-refractivity contribution < 1.29 is 9.90 Å². The van der Waals surface area contributed by atoms with Crippen molar-refractivity contribution in [2.75, 3.05) is 6.54 Å². The van der Waals surface area contributed by atoms with Crippen LogP contribution in [0.5, 0.6) is 0 Å². The summed E-state index contributed by atoms with van der Waals surface area (Å²) in [6, 6.07) is 7.97. The van der Waals surface area contributed by atoms with Crippen LogP contribution >= 0.6 is 0 Å². The predicted molar refractivity (Wildman–Crippen MR) is 76.2 cm³/mol. The van der Waals surface area contributed by atoms with Crippen LogP contribution in [0.15, 0.2) is 24.3 Å². The molecule has 1 aliphatic rings. The third kappa shape index (κ3) is 3.35. The monoisotopic (exact) mass is 261 g/mol. The van der Waals surface area contributed by atoms with Gasteiger partial charge in [0.25, 0.3) is 0 Å². The fraction of sp³-hybridized carbons (Fsp3) is 0.562. The summed E-state index contributed by atoms with van der Waals surface area (Å²) in [6.07, 6.45) is 4.59. The lowest BCUT2D eigenvalue weighted by atomic mass is 9.90. The molecule has 0 heterocycles. The molecule has 3 heteroatoms. The molecule has 3 nitrogen and oxygen atoms in total. The first-order valence-electron chi connectivity index (χ1n) is 7.14. The van der Waals surface area contributed by atoms with Crippen LogP contribution in [-0.4, -0.2) is 17.6 Å². The molecule has 1 unspecified atom stereocenters. The van der Waals surface area contributed by atoms with Gasteiger partial charge < -0.3 is 5.11 Å². The van der Waals surface area contributed by atoms with E-state index in [4.69, 9.17) is 0 Å². The SMILES string of the molecule is CCCc1ccc(C(C)(NCC2CC2)C(=O)O)cc1. The second kappa shape index (κ2) is 5.74. The average molecular weight is 261 g/mol. The number of carboxylic acids is 1. The quantitative estimate of drug-likeness (QED) is 0.793. The van der Waals surface area contributed by atoms with Gasteiger partial charge in [0.15, 0.2) is 0 Å². The smallest absolute Gasteiger partial charge is 0.328 e. The Labute approximate surface area is 115 Å². The lowest BCUT2D eigenvalue weighted by molar-refractivity contribution is -0.144. The van der Waals surface area contributed by atoms with Crippen LogP contribution < -0.4 is 5.32 Å². The van der Waals surface area contributed by atoms with Gasteiger partial charge in [-0.1, -0.05) is 37.6 Å². The molecule has 2 N–H and O–H groups in total. The maximum atomic E-state index is 11.6. The highest BCUT2D eigenvalue weighted by molar-refractivity contribution is 5.80. The highest BCUT2D eigenvalue weighted by Crippen LogP contribution is 2.30. The molecule has 1 aliphatic carbocycles. The van der Waals surface area contributed by atoms with E-state index in [2.05, 4.69) is 12.2 Å². The molecular weight excluding hydrogens is 238 g/mol. The van der Waals surface area contributed by atoms with Crippen LogP contribution in [0.1, 0.15) is 44.2 Å². The van der Waals surface area contributed by atoms with Gasteiger partial charge in [-0.3, -0.25) is 5.32 Å². The fourth-order valence-electron chi connectivity index (χ4n) is 2.27. The second-order valence-corrected chi connectivity index (χ2v) is 5.70. The van der Waals surface area contributed by atoms with Gasteiger partial charge in [0, 0.05) is 0 Å². The standard InChI is InChI=1S/C16H23NO2/c1-3-4-12-7-9-14(10-8-12)16(2,15(18)19)17-11-13-5-6-13/h7-10,13,17H,3-6,11H2,1-2H3,(H,18,19). The van der Waals surface area contributed by atoms with Gasteiger partial charge in [-0.25, -0.2) is 4.79 Å². The topological polar surface area (TPSA) is 49.3 Å². The normalized spacial score (nSPS) is 18.0. The van der Waals surface area contributed by atoms with Crippen molar-refractivity contribution in [3.63, 3.8) is 0 Å². The first-order valence-corrected chi connectivity index (χ1v) is 7.14. The molecule has 1 aromatic carbocycles. The number of nitrogens with one attached hydrogen (secondary N) is 1. The zero-order valence-electron chi connectivity index (χ0n) is 11.8. The van der Waals surface area contributed by atoms with Gasteiger partial charge in [0.05, 0.1) is 0 Å². The molecule has 2 rings (SSSR count). The lowest BCUT2D eigenvalue weighted by Crippen LogP contribution is -2.47. The maximum absolute atomic E-state index is 11.6. The van der Waals surface area contributed by atoms with Gasteiger partial charge in [0.2, 0.25) is 0 Å². The minimum atomic E-state index is -0.979. The predicted octanol–water partition coefficient (Wildman–Crippen LogP) is 2.94. The van der Waals surface area contributed by atoms with Gasteiger partial charge in [-0.05, 0) is 49.8 Å². The van der Waals surface area contributed by atoms with Crippen molar-refractivity contribution in [2.45, 2.75) is 45.1 Å². The Morgan fingerprint density at radius 3 is 2.47 bits per heavy atom. The molecule has 0 spiro atoms. The van der Waals surface area contributed by atoms with E-state index in [1.54, 1.807) is 6.92 Å². The van der Waals surface area contributed by atoms with Crippen molar-refractivity contribution in [3.8, 4) is 0 Å². The number of hydrogen-bond acceptors (Lipinski definition) is 2. The minimum Gasteiger partial charge on any atom is -0.480 e. The number of hydrogen-bond donors (Lipinski definition) is 2. The Balaban J connectivity index is 2.14. The number of carbonyl (C=O) groups is 1. The lowest BCUT2D eigenvalue weighted by Gasteiger charge is -2.27. The third-order valence-corrected chi connectivity index (χ3v) is 3.94. The summed E-state index contributed by atoms with van der Waals surface area (Å²) >= 11 is 0. The third-order valence-electron chi connectivity index (χ3n) is 3.94. The van der Waals surface area contributed by atoms with Crippen LogP contribution in [-0.2, 0) is 16.8 Å². The Hall–Kier alpha value is -1.35. The Kier molecular flexibility index (Phi) is 4.25. The molecule has 0 radical (unpaired) electrons. The zero-order chi connectivity index (χ0) is 13.9. The molecule has 19 heavy (non-hydrogen) atoms. The Bertz CT molecular complexity index is 437. The highest BCUT2D eigenvalue weighted by Gasteiger charge is 2.36. The molecule has 1 fully saturated rings. The first kappa shape index (κ1) is 14.1. The molecule has 1 aromatic rings. The molecule has 0 aliphatic heterocycles. The summed E-state index contributed by atoms with van der Waals surface area (Å²) < 4.78 is 0. The van der Waals surface area contributed by atoms with E-state index in [0.717, 1.165) is 24.9 Å². The summed E-state index contributed by atoms with van der Waals surface area (Å²) in [5.74, 6) is -0.144. The van der Waals surface area contributed by atoms with Gasteiger partial charge in [-0.15, -0.1) is 0 Å². The summed E-state index contributed by atoms with van der Waals surface area (Å²) in [4.78, 5) is 11.6. The zero-order valence-corrected chi connectivity index (χ0v) is 11.8. The highest BCUT2D eigenvalue weighted by atomic mass is 16.4. The van der Waals surface area contributed by atoms with Crippen molar-refractivity contribution >= 4 is 5.97 Å². The van der Waals surface area contributed by atoms with E-state index in [1.165, 1.54) is 18.4 Å². The summed E-state index contributed by atoms with van der Waals surface area (Å²) in [5, 5.41) is 12.8. The first-order chi connectivity index (χ1) is 9.06. The molecule has 0 amide bonds. The van der Waals surface area contributed by atoms with Crippen molar-refractivity contribution in [2.24, 2.45) is 5.92 Å². The maximum Gasteiger partial charge on any atom is 0.328 e. The van der Waals surface area contributed by atoms with Crippen LogP contribution in [0.2, 0.25) is 0 Å². The largest absolute Gasteiger partial charge is 0.480 e. The van der Waals surface area contributed by atoms with Gasteiger partial charge >= 0.3 is 5.97 Å². The number of aliphatic carboxylic acids is 1. The molecular formula is C16H23NO2. The number of carboxylic acid groups (broad SMARTS) is 1. The molecule has 0 saturated heterocycles. The fourth-order valence-corrected chi connectivity index (χ4v) is 2.27. The molecule has 0 aromatic heterocycles. The molecule has 104 valence electrons. The van der Waals surface area contributed by atoms with Crippen LogP contribution in [0, 0.1) is 5.92 Å². The van der Waals surface area contributed by atoms with Crippen molar-refractivity contribution in [3.05, 3.63) is 35.4 Å². The number of rotatable bonds is 7. The number of aryl methyl sites for hydroxylation is 1. The average Bonchev–Trinajstić information content (AvgIpc) is 3.21. The van der Waals surface area contributed by atoms with E-state index in [9.17, 15) is 9.90 Å². The van der Waals surface area contributed by atoms with Crippen molar-refractivity contribution in [1.29, 1.82) is 0 Å².